The monoisotopic (exact) mass is 1070 g/mol. The Labute approximate surface area is 444 Å². The Morgan fingerprint density at radius 2 is 1.40 bits per heavy atom. The van der Waals surface area contributed by atoms with Crippen LogP contribution in [0.5, 0.6) is 11.5 Å². The fourth-order valence-corrected chi connectivity index (χ4v) is 11.2. The number of halogens is 3. The highest BCUT2D eigenvalue weighted by atomic mass is 31.2. The summed E-state index contributed by atoms with van der Waals surface area (Å²) in [6, 6.07) is 41.3. The van der Waals surface area contributed by atoms with Gasteiger partial charge in [0.25, 0.3) is 14.4 Å². The molecule has 0 saturated carbocycles. The standard InChI is InChI=1S/C56H57F3N9O8P/c1-36(2)68(37(3)4)77(74-31-13-30-60)76-48-46(33-73-54(40-16-11-8-12-17-40,41-22-26-44(70-5)27-23-41)42-24-28-45(71-6)29-25-42)75-53(49(48)72-32-38-18-20-43(21-19-38)55(65-66-55)56(57,58)59)67-35-63-47-50(61-34-62-51(47)67)64-52(69)39-14-9-7-10-15-39/h7-12,14-29,34-37,46,48-49,53H,13,31-33H2,1-6H3,(H,61,62,64,69)/t46-,48-,49-,53-,77?/m1/s1. The lowest BCUT2D eigenvalue weighted by molar-refractivity contribution is -0.166. The average molecular weight is 1070 g/mol. The number of hydrogen-bond donors (Lipinski definition) is 1. The van der Waals surface area contributed by atoms with Gasteiger partial charge in [-0.25, -0.2) is 19.6 Å². The van der Waals surface area contributed by atoms with Crippen molar-refractivity contribution in [1.29, 1.82) is 5.26 Å². The van der Waals surface area contributed by atoms with Gasteiger partial charge >= 0.3 is 11.8 Å². The van der Waals surface area contributed by atoms with Gasteiger partial charge in [0.1, 0.15) is 41.7 Å². The number of nitrogens with one attached hydrogen (secondary N) is 1. The first-order valence-corrected chi connectivity index (χ1v) is 26.0. The molecule has 1 N–H and O–H groups in total. The first-order valence-electron chi connectivity index (χ1n) is 24.9. The number of aromatic nitrogens is 4. The van der Waals surface area contributed by atoms with E-state index in [1.165, 1.54) is 36.9 Å². The van der Waals surface area contributed by atoms with Crippen LogP contribution in [0.2, 0.25) is 0 Å². The number of alkyl halides is 3. The Morgan fingerprint density at radius 3 is 1.96 bits per heavy atom. The maximum Gasteiger partial charge on any atom is 0.442 e. The summed E-state index contributed by atoms with van der Waals surface area (Å²) in [5.41, 5.74) is -0.313. The van der Waals surface area contributed by atoms with Crippen LogP contribution >= 0.6 is 8.53 Å². The Balaban J connectivity index is 1.18. The van der Waals surface area contributed by atoms with Crippen LogP contribution in [0.15, 0.2) is 156 Å². The van der Waals surface area contributed by atoms with Gasteiger partial charge in [-0.1, -0.05) is 97.1 Å². The highest BCUT2D eigenvalue weighted by molar-refractivity contribution is 7.44. The molecule has 1 fully saturated rings. The first kappa shape index (κ1) is 54.6. The summed E-state index contributed by atoms with van der Waals surface area (Å²) >= 11 is 0. The SMILES string of the molecule is COc1ccc(C(OC[C@H]2O[C@@H](n3cnc4c(NC(=O)c5ccccc5)ncnc43)[C@H](OCc3ccc(C4(C(F)(F)F)N=N4)cc3)[C@@H]2OP(OCCC#N)N(C(C)C)C(C)C)(c2ccccc2)c2ccc(OC)cc2)cc1. The van der Waals surface area contributed by atoms with Crippen molar-refractivity contribution in [2.24, 2.45) is 10.2 Å². The summed E-state index contributed by atoms with van der Waals surface area (Å²) in [4.78, 5) is 27.2. The number of ether oxygens (including phenoxy) is 5. The molecule has 21 heteroatoms. The zero-order valence-corrected chi connectivity index (χ0v) is 44.0. The van der Waals surface area contributed by atoms with Crippen LogP contribution in [-0.4, -0.2) is 94.1 Å². The van der Waals surface area contributed by atoms with E-state index >= 15 is 0 Å². The third-order valence-corrected chi connectivity index (χ3v) is 15.3. The number of amides is 1. The minimum absolute atomic E-state index is 0.0544. The van der Waals surface area contributed by atoms with Gasteiger partial charge in [0.05, 0.1) is 52.9 Å². The van der Waals surface area contributed by atoms with Gasteiger partial charge in [-0.2, -0.15) is 18.4 Å². The molecule has 77 heavy (non-hydrogen) atoms. The van der Waals surface area contributed by atoms with Gasteiger partial charge in [0.2, 0.25) is 0 Å². The number of fused-ring (bicyclic) bond motifs is 1. The van der Waals surface area contributed by atoms with Gasteiger partial charge in [-0.3, -0.25) is 9.36 Å². The molecule has 0 bridgehead atoms. The molecule has 0 aliphatic carbocycles. The smallest absolute Gasteiger partial charge is 0.442 e. The van der Waals surface area contributed by atoms with Gasteiger partial charge in [0, 0.05) is 23.2 Å². The van der Waals surface area contributed by atoms with Crippen molar-refractivity contribution in [3.05, 3.63) is 179 Å². The fourth-order valence-electron chi connectivity index (χ4n) is 9.42. The molecule has 9 rings (SSSR count). The minimum Gasteiger partial charge on any atom is -0.497 e. The van der Waals surface area contributed by atoms with E-state index < -0.39 is 56.4 Å². The normalized spacial score (nSPS) is 18.4. The molecule has 5 aromatic carbocycles. The Bertz CT molecular complexity index is 3100. The number of anilines is 1. The van der Waals surface area contributed by atoms with Crippen LogP contribution in [0.4, 0.5) is 19.0 Å². The predicted octanol–water partition coefficient (Wildman–Crippen LogP) is 11.4. The Kier molecular flexibility index (Phi) is 16.7. The maximum absolute atomic E-state index is 14.1. The molecule has 0 radical (unpaired) electrons. The van der Waals surface area contributed by atoms with Crippen molar-refractivity contribution >= 4 is 31.4 Å². The topological polar surface area (TPSA) is 189 Å². The quantitative estimate of drug-likeness (QED) is 0.0362. The number of nitriles is 1. The van der Waals surface area contributed by atoms with Crippen LogP contribution < -0.4 is 14.8 Å². The average Bonchev–Trinajstić information content (AvgIpc) is 4.13. The van der Waals surface area contributed by atoms with E-state index in [0.29, 0.717) is 22.6 Å². The number of benzene rings is 5. The first-order chi connectivity index (χ1) is 37.2. The van der Waals surface area contributed by atoms with E-state index in [-0.39, 0.29) is 60.9 Å². The summed E-state index contributed by atoms with van der Waals surface area (Å²) in [6.45, 7) is 7.85. The molecule has 2 aliphatic heterocycles. The highest BCUT2D eigenvalue weighted by Crippen LogP contribution is 2.54. The Morgan fingerprint density at radius 1 is 0.805 bits per heavy atom. The van der Waals surface area contributed by atoms with Crippen molar-refractivity contribution in [2.45, 2.75) is 94.8 Å². The molecule has 1 amide bonds. The number of methoxy groups -OCH3 is 2. The molecule has 4 heterocycles. The zero-order valence-electron chi connectivity index (χ0n) is 43.1. The molecule has 2 aromatic heterocycles. The molecule has 2 aliphatic rings. The highest BCUT2D eigenvalue weighted by Gasteiger charge is 2.65. The van der Waals surface area contributed by atoms with Gasteiger partial charge in [0.15, 0.2) is 23.2 Å². The van der Waals surface area contributed by atoms with E-state index in [4.69, 9.17) is 37.7 Å². The minimum atomic E-state index is -4.71. The zero-order chi connectivity index (χ0) is 54.3. The third-order valence-electron chi connectivity index (χ3n) is 13.2. The molecule has 400 valence electrons. The van der Waals surface area contributed by atoms with Crippen LogP contribution in [0.3, 0.4) is 0 Å². The van der Waals surface area contributed by atoms with Crippen molar-refractivity contribution < 1.29 is 50.7 Å². The predicted molar refractivity (Wildman–Crippen MR) is 280 cm³/mol. The van der Waals surface area contributed by atoms with Crippen molar-refractivity contribution in [1.82, 2.24) is 24.2 Å². The second kappa shape index (κ2) is 23.6. The second-order valence-corrected chi connectivity index (χ2v) is 20.1. The summed E-state index contributed by atoms with van der Waals surface area (Å²) < 4.78 is 92.7. The molecule has 17 nitrogen and oxygen atoms in total. The number of nitrogens with zero attached hydrogens (tertiary/aromatic N) is 8. The molecule has 0 spiro atoms. The molecule has 1 unspecified atom stereocenters. The van der Waals surface area contributed by atoms with E-state index in [0.717, 1.165) is 16.7 Å². The summed E-state index contributed by atoms with van der Waals surface area (Å²) in [5, 5.41) is 19.3. The van der Waals surface area contributed by atoms with Crippen molar-refractivity contribution in [3.8, 4) is 17.6 Å². The molecule has 5 atom stereocenters. The van der Waals surface area contributed by atoms with E-state index in [2.05, 4.69) is 36.3 Å². The Hall–Kier alpha value is -7.21. The van der Waals surface area contributed by atoms with Gasteiger partial charge in [-0.15, -0.1) is 10.2 Å². The third kappa shape index (κ3) is 11.4. The number of carbonyl (C=O) groups is 1. The number of rotatable bonds is 23. The number of imidazole rings is 1. The molecular weight excluding hydrogens is 1010 g/mol. The summed E-state index contributed by atoms with van der Waals surface area (Å²) in [7, 11) is 1.21. The lowest BCUT2D eigenvalue weighted by Gasteiger charge is -2.39. The number of carbonyl (C=O) groups excluding carboxylic acids is 1. The van der Waals surface area contributed by atoms with E-state index in [1.54, 1.807) is 49.1 Å². The van der Waals surface area contributed by atoms with E-state index in [1.807, 2.05) is 107 Å². The van der Waals surface area contributed by atoms with Crippen molar-refractivity contribution in [3.63, 3.8) is 0 Å². The number of hydrogen-bond acceptors (Lipinski definition) is 15. The van der Waals surface area contributed by atoms with Crippen LogP contribution in [0, 0.1) is 11.3 Å². The second-order valence-electron chi connectivity index (χ2n) is 18.7. The van der Waals surface area contributed by atoms with Crippen LogP contribution in [0.1, 0.15) is 78.5 Å². The maximum atomic E-state index is 14.1. The molecule has 7 aromatic rings. The molecular formula is C56H57F3N9O8P. The van der Waals surface area contributed by atoms with E-state index in [9.17, 15) is 23.2 Å². The lowest BCUT2D eigenvalue weighted by Crippen LogP contribution is -2.43. The van der Waals surface area contributed by atoms with Gasteiger partial charge < -0.3 is 38.0 Å². The summed E-state index contributed by atoms with van der Waals surface area (Å²) in [6.07, 6.45) is -6.00. The van der Waals surface area contributed by atoms with Crippen LogP contribution in [0.25, 0.3) is 11.2 Å². The van der Waals surface area contributed by atoms with Gasteiger partial charge in [-0.05, 0) is 86.3 Å². The largest absolute Gasteiger partial charge is 0.497 e. The lowest BCUT2D eigenvalue weighted by atomic mass is 9.80. The molecule has 1 saturated heterocycles. The summed E-state index contributed by atoms with van der Waals surface area (Å²) in [5.74, 6) is 0.996. The van der Waals surface area contributed by atoms with Crippen molar-refractivity contribution in [2.75, 3.05) is 32.8 Å². The van der Waals surface area contributed by atoms with Crippen LogP contribution in [-0.2, 0) is 41.1 Å². The fraction of sp³-hybridized carbons (Fsp3) is 0.339.